The Morgan fingerprint density at radius 1 is 1.36 bits per heavy atom. The van der Waals surface area contributed by atoms with E-state index in [2.05, 4.69) is 0 Å². The number of ether oxygens (including phenoxy) is 3. The van der Waals surface area contributed by atoms with Gasteiger partial charge in [0.15, 0.2) is 11.5 Å². The maximum absolute atomic E-state index is 11.5. The first-order chi connectivity index (χ1) is 10.7. The number of carbonyl (C=O) groups is 1. The summed E-state index contributed by atoms with van der Waals surface area (Å²) in [7, 11) is 1.66. The third-order valence-electron chi connectivity index (χ3n) is 4.50. The highest BCUT2D eigenvalue weighted by atomic mass is 16.5. The third kappa shape index (κ3) is 2.70. The van der Waals surface area contributed by atoms with Crippen molar-refractivity contribution >= 4 is 12.0 Å². The Kier molecular flexibility index (Phi) is 4.10. The van der Waals surface area contributed by atoms with Crippen LogP contribution in [0.3, 0.4) is 0 Å². The second-order valence-electron chi connectivity index (χ2n) is 5.92. The number of carbonyl (C=O) groups excluding carboxylic acids is 1. The summed E-state index contributed by atoms with van der Waals surface area (Å²) < 4.78 is 16.7. The molecule has 1 heterocycles. The van der Waals surface area contributed by atoms with E-state index < -0.39 is 0 Å². The summed E-state index contributed by atoms with van der Waals surface area (Å²) in [5.41, 5.74) is 2.08. The quantitative estimate of drug-likeness (QED) is 0.630. The van der Waals surface area contributed by atoms with Crippen molar-refractivity contribution in [3.05, 3.63) is 29.3 Å². The molecule has 0 bridgehead atoms. The lowest BCUT2D eigenvalue weighted by Crippen LogP contribution is -2.30. The zero-order valence-electron chi connectivity index (χ0n) is 13.2. The van der Waals surface area contributed by atoms with Gasteiger partial charge in [-0.05, 0) is 50.3 Å². The van der Waals surface area contributed by atoms with Crippen molar-refractivity contribution in [3.8, 4) is 11.5 Å². The second kappa shape index (κ2) is 6.03. The minimum Gasteiger partial charge on any atom is -0.493 e. The summed E-state index contributed by atoms with van der Waals surface area (Å²) >= 11 is 0. The molecule has 1 fully saturated rings. The normalized spacial score (nSPS) is 18.5. The minimum atomic E-state index is -0.318. The highest BCUT2D eigenvalue weighted by Crippen LogP contribution is 2.49. The highest BCUT2D eigenvalue weighted by molar-refractivity contribution is 5.87. The maximum Gasteiger partial charge on any atom is 0.330 e. The van der Waals surface area contributed by atoms with Crippen molar-refractivity contribution in [2.24, 2.45) is 0 Å². The second-order valence-corrected chi connectivity index (χ2v) is 5.92. The smallest absolute Gasteiger partial charge is 0.330 e. The predicted molar refractivity (Wildman–Crippen MR) is 84.2 cm³/mol. The predicted octanol–water partition coefficient (Wildman–Crippen LogP) is 3.52. The molecule has 0 saturated heterocycles. The molecule has 1 aliphatic heterocycles. The van der Waals surface area contributed by atoms with Crippen molar-refractivity contribution in [2.45, 2.75) is 44.6 Å². The summed E-state index contributed by atoms with van der Waals surface area (Å²) in [6.45, 7) is 2.19. The van der Waals surface area contributed by atoms with Gasteiger partial charge < -0.3 is 14.2 Å². The van der Waals surface area contributed by atoms with E-state index in [9.17, 15) is 4.79 Å². The van der Waals surface area contributed by atoms with Crippen molar-refractivity contribution in [1.29, 1.82) is 0 Å². The first-order valence-corrected chi connectivity index (χ1v) is 7.91. The van der Waals surface area contributed by atoms with E-state index in [4.69, 9.17) is 14.2 Å². The number of hydrogen-bond acceptors (Lipinski definition) is 4. The van der Waals surface area contributed by atoms with E-state index >= 15 is 0 Å². The number of hydrogen-bond donors (Lipinski definition) is 0. The fourth-order valence-corrected chi connectivity index (χ4v) is 3.45. The molecular weight excluding hydrogens is 280 g/mol. The summed E-state index contributed by atoms with van der Waals surface area (Å²) in [6, 6.07) is 3.88. The van der Waals surface area contributed by atoms with Crippen LogP contribution in [0.15, 0.2) is 18.2 Å². The van der Waals surface area contributed by atoms with Gasteiger partial charge in [-0.15, -0.1) is 0 Å². The van der Waals surface area contributed by atoms with Gasteiger partial charge in [-0.2, -0.15) is 0 Å². The van der Waals surface area contributed by atoms with E-state index in [1.807, 2.05) is 18.2 Å². The SMILES string of the molecule is CCOC(=O)C=Cc1ccc(OC)c2c1CC1(CCCC1)O2. The maximum atomic E-state index is 11.5. The van der Waals surface area contributed by atoms with Gasteiger partial charge in [-0.1, -0.05) is 6.07 Å². The van der Waals surface area contributed by atoms with Crippen LogP contribution in [0.5, 0.6) is 11.5 Å². The molecule has 0 amide bonds. The Morgan fingerprint density at radius 2 is 2.14 bits per heavy atom. The van der Waals surface area contributed by atoms with E-state index in [0.29, 0.717) is 6.61 Å². The molecule has 0 unspecified atom stereocenters. The van der Waals surface area contributed by atoms with Crippen LogP contribution >= 0.6 is 0 Å². The molecule has 0 aromatic heterocycles. The van der Waals surface area contributed by atoms with E-state index in [-0.39, 0.29) is 11.6 Å². The van der Waals surface area contributed by atoms with Crippen molar-refractivity contribution in [1.82, 2.24) is 0 Å². The van der Waals surface area contributed by atoms with Gasteiger partial charge in [0, 0.05) is 18.1 Å². The molecule has 0 atom stereocenters. The Hall–Kier alpha value is -1.97. The molecule has 22 heavy (non-hydrogen) atoms. The van der Waals surface area contributed by atoms with Gasteiger partial charge >= 0.3 is 5.97 Å². The molecule has 4 nitrogen and oxygen atoms in total. The average Bonchev–Trinajstić information content (AvgIpc) is 3.12. The topological polar surface area (TPSA) is 44.8 Å². The number of esters is 1. The summed E-state index contributed by atoms with van der Waals surface area (Å²) in [5, 5.41) is 0. The van der Waals surface area contributed by atoms with Crippen LogP contribution in [0, 0.1) is 0 Å². The fourth-order valence-electron chi connectivity index (χ4n) is 3.45. The molecule has 118 valence electrons. The molecule has 1 spiro atoms. The van der Waals surface area contributed by atoms with Crippen LogP contribution in [-0.4, -0.2) is 25.3 Å². The molecule has 1 aliphatic carbocycles. The zero-order chi connectivity index (χ0) is 15.6. The standard InChI is InChI=1S/C18H22O4/c1-3-21-16(19)9-7-13-6-8-15(20-2)17-14(13)12-18(22-17)10-4-5-11-18/h6-9H,3-5,10-12H2,1-2H3. The highest BCUT2D eigenvalue weighted by Gasteiger charge is 2.43. The lowest BCUT2D eigenvalue weighted by Gasteiger charge is -2.22. The zero-order valence-corrected chi connectivity index (χ0v) is 13.2. The number of benzene rings is 1. The lowest BCUT2D eigenvalue weighted by atomic mass is 9.93. The van der Waals surface area contributed by atoms with Crippen LogP contribution in [-0.2, 0) is 16.0 Å². The van der Waals surface area contributed by atoms with Crippen LogP contribution in [0.2, 0.25) is 0 Å². The van der Waals surface area contributed by atoms with Gasteiger partial charge in [0.1, 0.15) is 5.60 Å². The number of methoxy groups -OCH3 is 1. The van der Waals surface area contributed by atoms with Gasteiger partial charge in [0.05, 0.1) is 13.7 Å². The van der Waals surface area contributed by atoms with E-state index in [1.165, 1.54) is 18.9 Å². The van der Waals surface area contributed by atoms with Crippen molar-refractivity contribution in [3.63, 3.8) is 0 Å². The molecule has 0 N–H and O–H groups in total. The number of fused-ring (bicyclic) bond motifs is 1. The summed E-state index contributed by atoms with van der Waals surface area (Å²) in [5.74, 6) is 1.30. The number of rotatable bonds is 4. The molecule has 1 aromatic carbocycles. The first-order valence-electron chi connectivity index (χ1n) is 7.91. The monoisotopic (exact) mass is 302 g/mol. The van der Waals surface area contributed by atoms with Crippen LogP contribution < -0.4 is 9.47 Å². The third-order valence-corrected chi connectivity index (χ3v) is 4.50. The van der Waals surface area contributed by atoms with Crippen molar-refractivity contribution < 1.29 is 19.0 Å². The first kappa shape index (κ1) is 14.9. The van der Waals surface area contributed by atoms with Gasteiger partial charge in [0.25, 0.3) is 0 Å². The van der Waals surface area contributed by atoms with Crippen molar-refractivity contribution in [2.75, 3.05) is 13.7 Å². The lowest BCUT2D eigenvalue weighted by molar-refractivity contribution is -0.137. The summed E-state index contributed by atoms with van der Waals surface area (Å²) in [4.78, 5) is 11.5. The average molecular weight is 302 g/mol. The molecule has 3 rings (SSSR count). The van der Waals surface area contributed by atoms with Crippen LogP contribution in [0.1, 0.15) is 43.7 Å². The Labute approximate surface area is 131 Å². The van der Waals surface area contributed by atoms with Crippen LogP contribution in [0.4, 0.5) is 0 Å². The molecule has 1 saturated carbocycles. The Morgan fingerprint density at radius 3 is 2.82 bits per heavy atom. The molecule has 4 heteroatoms. The van der Waals surface area contributed by atoms with Crippen LogP contribution in [0.25, 0.3) is 6.08 Å². The van der Waals surface area contributed by atoms with Gasteiger partial charge in [-0.25, -0.2) is 4.79 Å². The molecule has 0 radical (unpaired) electrons. The summed E-state index contributed by atoms with van der Waals surface area (Å²) in [6.07, 6.45) is 8.78. The van der Waals surface area contributed by atoms with Gasteiger partial charge in [0.2, 0.25) is 0 Å². The Balaban J connectivity index is 1.91. The fraction of sp³-hybridized carbons (Fsp3) is 0.500. The minimum absolute atomic E-state index is 0.0660. The molecular formula is C18H22O4. The largest absolute Gasteiger partial charge is 0.493 e. The van der Waals surface area contributed by atoms with E-state index in [1.54, 1.807) is 14.0 Å². The van der Waals surface area contributed by atoms with E-state index in [0.717, 1.165) is 41.9 Å². The van der Waals surface area contributed by atoms with Gasteiger partial charge in [-0.3, -0.25) is 0 Å². The molecule has 2 aliphatic rings. The Bertz CT molecular complexity index is 597. The molecule has 1 aromatic rings.